The molecule has 0 saturated heterocycles. The predicted octanol–water partition coefficient (Wildman–Crippen LogP) is 2.92. The summed E-state index contributed by atoms with van der Waals surface area (Å²) in [5.41, 5.74) is 9.48. The second-order valence-electron chi connectivity index (χ2n) is 5.48. The van der Waals surface area contributed by atoms with Crippen LogP contribution in [0, 0.1) is 0 Å². The number of anilines is 1. The summed E-state index contributed by atoms with van der Waals surface area (Å²) in [6.07, 6.45) is 2.87. The zero-order valence-electron chi connectivity index (χ0n) is 12.4. The van der Waals surface area contributed by atoms with Gasteiger partial charge in [0.05, 0.1) is 5.69 Å². The first-order chi connectivity index (χ1) is 10.1. The van der Waals surface area contributed by atoms with Gasteiger partial charge in [0.15, 0.2) is 5.82 Å². The van der Waals surface area contributed by atoms with E-state index < -0.39 is 0 Å². The van der Waals surface area contributed by atoms with Crippen LogP contribution in [0.3, 0.4) is 0 Å². The fourth-order valence-electron chi connectivity index (χ4n) is 2.57. The quantitative estimate of drug-likeness (QED) is 0.788. The molecule has 2 N–H and O–H groups in total. The first kappa shape index (κ1) is 14.1. The molecule has 0 fully saturated rings. The van der Waals surface area contributed by atoms with E-state index in [0.717, 1.165) is 24.4 Å². The number of fused-ring (bicyclic) bond motifs is 1. The van der Waals surface area contributed by atoms with Crippen LogP contribution < -0.4 is 10.6 Å². The van der Waals surface area contributed by atoms with Gasteiger partial charge >= 0.3 is 0 Å². The minimum absolute atomic E-state index is 0.110. The summed E-state index contributed by atoms with van der Waals surface area (Å²) >= 11 is 1.72. The SMILES string of the molecule is CC(N)Cc1c(N(C)Cc2ccsc2)nc2ccccn12. The third-order valence-electron chi connectivity index (χ3n) is 3.48. The Morgan fingerprint density at radius 3 is 2.95 bits per heavy atom. The summed E-state index contributed by atoms with van der Waals surface area (Å²) in [5.74, 6) is 1.02. The number of rotatable bonds is 5. The summed E-state index contributed by atoms with van der Waals surface area (Å²) in [6, 6.07) is 8.34. The minimum Gasteiger partial charge on any atom is -0.354 e. The molecule has 1 unspecified atom stereocenters. The molecular weight excluding hydrogens is 280 g/mol. The molecule has 0 bridgehead atoms. The highest BCUT2D eigenvalue weighted by molar-refractivity contribution is 7.07. The Balaban J connectivity index is 1.99. The molecule has 0 amide bonds. The molecule has 0 saturated carbocycles. The van der Waals surface area contributed by atoms with Crippen LogP contribution in [0.5, 0.6) is 0 Å². The molecule has 1 atom stereocenters. The lowest BCUT2D eigenvalue weighted by Crippen LogP contribution is -2.23. The number of pyridine rings is 1. The molecule has 110 valence electrons. The Labute approximate surface area is 128 Å². The van der Waals surface area contributed by atoms with Crippen molar-refractivity contribution in [2.45, 2.75) is 25.9 Å². The number of aromatic nitrogens is 2. The summed E-state index contributed by atoms with van der Waals surface area (Å²) < 4.78 is 2.14. The van der Waals surface area contributed by atoms with E-state index in [1.54, 1.807) is 11.3 Å². The topological polar surface area (TPSA) is 46.6 Å². The summed E-state index contributed by atoms with van der Waals surface area (Å²) in [6.45, 7) is 2.89. The molecule has 3 aromatic heterocycles. The van der Waals surface area contributed by atoms with E-state index in [2.05, 4.69) is 39.4 Å². The molecule has 0 aliphatic rings. The highest BCUT2D eigenvalue weighted by Crippen LogP contribution is 2.24. The first-order valence-electron chi connectivity index (χ1n) is 7.09. The van der Waals surface area contributed by atoms with E-state index in [-0.39, 0.29) is 6.04 Å². The van der Waals surface area contributed by atoms with Gasteiger partial charge in [0.1, 0.15) is 5.65 Å². The standard InChI is InChI=1S/C16H20N4S/c1-12(17)9-14-16(18-15-5-3-4-7-20(14)15)19(2)10-13-6-8-21-11-13/h3-8,11-12H,9-10,17H2,1-2H3. The van der Waals surface area contributed by atoms with E-state index in [1.807, 2.05) is 25.1 Å². The zero-order valence-corrected chi connectivity index (χ0v) is 13.2. The number of hydrogen-bond acceptors (Lipinski definition) is 4. The molecule has 21 heavy (non-hydrogen) atoms. The van der Waals surface area contributed by atoms with Crippen LogP contribution in [0.25, 0.3) is 5.65 Å². The zero-order chi connectivity index (χ0) is 14.8. The van der Waals surface area contributed by atoms with Crippen LogP contribution in [0.1, 0.15) is 18.2 Å². The second-order valence-corrected chi connectivity index (χ2v) is 6.26. The van der Waals surface area contributed by atoms with Crippen molar-refractivity contribution in [2.75, 3.05) is 11.9 Å². The second kappa shape index (κ2) is 5.87. The van der Waals surface area contributed by atoms with Crippen molar-refractivity contribution in [1.29, 1.82) is 0 Å². The molecule has 0 spiro atoms. The Morgan fingerprint density at radius 2 is 2.24 bits per heavy atom. The summed E-state index contributed by atoms with van der Waals surface area (Å²) in [5, 5.41) is 4.28. The van der Waals surface area contributed by atoms with Gasteiger partial charge in [0.25, 0.3) is 0 Å². The molecule has 0 radical (unpaired) electrons. The first-order valence-corrected chi connectivity index (χ1v) is 8.03. The molecule has 4 nitrogen and oxygen atoms in total. The maximum absolute atomic E-state index is 6.02. The number of imidazole rings is 1. The molecule has 0 aliphatic carbocycles. The normalized spacial score (nSPS) is 12.7. The van der Waals surface area contributed by atoms with Crippen LogP contribution in [0.4, 0.5) is 5.82 Å². The van der Waals surface area contributed by atoms with Crippen LogP contribution >= 0.6 is 11.3 Å². The Kier molecular flexibility index (Phi) is 3.94. The van der Waals surface area contributed by atoms with Gasteiger partial charge < -0.3 is 15.0 Å². The van der Waals surface area contributed by atoms with Crippen molar-refractivity contribution in [2.24, 2.45) is 5.73 Å². The lowest BCUT2D eigenvalue weighted by molar-refractivity contribution is 0.713. The molecule has 3 heterocycles. The monoisotopic (exact) mass is 300 g/mol. The molecule has 0 aliphatic heterocycles. The van der Waals surface area contributed by atoms with Gasteiger partial charge in [-0.1, -0.05) is 6.07 Å². The lowest BCUT2D eigenvalue weighted by atomic mass is 10.2. The number of nitrogens with two attached hydrogens (primary N) is 1. The Bertz CT molecular complexity index is 715. The highest BCUT2D eigenvalue weighted by Gasteiger charge is 2.17. The minimum atomic E-state index is 0.110. The smallest absolute Gasteiger partial charge is 0.151 e. The van der Waals surface area contributed by atoms with Crippen LogP contribution in [-0.4, -0.2) is 22.5 Å². The van der Waals surface area contributed by atoms with Crippen molar-refractivity contribution in [1.82, 2.24) is 9.38 Å². The maximum Gasteiger partial charge on any atom is 0.151 e. The van der Waals surface area contributed by atoms with Gasteiger partial charge in [-0.25, -0.2) is 4.98 Å². The number of nitrogens with zero attached hydrogens (tertiary/aromatic N) is 3. The van der Waals surface area contributed by atoms with E-state index >= 15 is 0 Å². The molecule has 3 rings (SSSR count). The average Bonchev–Trinajstić information content (AvgIpc) is 3.07. The van der Waals surface area contributed by atoms with Crippen LogP contribution in [0.15, 0.2) is 41.2 Å². The molecule has 3 aromatic rings. The van der Waals surface area contributed by atoms with E-state index in [9.17, 15) is 0 Å². The van der Waals surface area contributed by atoms with Crippen molar-refractivity contribution < 1.29 is 0 Å². The predicted molar refractivity (Wildman–Crippen MR) is 89.0 cm³/mol. The van der Waals surface area contributed by atoms with Gasteiger partial charge in [-0.15, -0.1) is 0 Å². The third kappa shape index (κ3) is 2.94. The highest BCUT2D eigenvalue weighted by atomic mass is 32.1. The van der Waals surface area contributed by atoms with E-state index in [1.165, 1.54) is 11.3 Å². The lowest BCUT2D eigenvalue weighted by Gasteiger charge is -2.18. The fraction of sp³-hybridized carbons (Fsp3) is 0.312. The summed E-state index contributed by atoms with van der Waals surface area (Å²) in [7, 11) is 2.09. The third-order valence-corrected chi connectivity index (χ3v) is 4.22. The van der Waals surface area contributed by atoms with Gasteiger partial charge in [-0.2, -0.15) is 11.3 Å². The van der Waals surface area contributed by atoms with Crippen molar-refractivity contribution in [3.63, 3.8) is 0 Å². The maximum atomic E-state index is 6.02. The van der Waals surface area contributed by atoms with Crippen LogP contribution in [0.2, 0.25) is 0 Å². The van der Waals surface area contributed by atoms with E-state index in [4.69, 9.17) is 10.7 Å². The fourth-order valence-corrected chi connectivity index (χ4v) is 3.23. The Hall–Kier alpha value is -1.85. The average molecular weight is 300 g/mol. The molecule has 0 aromatic carbocycles. The van der Waals surface area contributed by atoms with Gasteiger partial charge in [0, 0.05) is 32.3 Å². The van der Waals surface area contributed by atoms with Crippen molar-refractivity contribution >= 4 is 22.8 Å². The van der Waals surface area contributed by atoms with Crippen LogP contribution in [-0.2, 0) is 13.0 Å². The number of hydrogen-bond donors (Lipinski definition) is 1. The molecular formula is C16H20N4S. The summed E-state index contributed by atoms with van der Waals surface area (Å²) in [4.78, 5) is 6.98. The van der Waals surface area contributed by atoms with Crippen molar-refractivity contribution in [3.8, 4) is 0 Å². The largest absolute Gasteiger partial charge is 0.354 e. The van der Waals surface area contributed by atoms with E-state index in [0.29, 0.717) is 0 Å². The number of thiophene rings is 1. The van der Waals surface area contributed by atoms with Gasteiger partial charge in [0.2, 0.25) is 0 Å². The van der Waals surface area contributed by atoms with Gasteiger partial charge in [-0.3, -0.25) is 0 Å². The van der Waals surface area contributed by atoms with Gasteiger partial charge in [-0.05, 0) is 41.4 Å². The molecule has 5 heteroatoms. The Morgan fingerprint density at radius 1 is 1.38 bits per heavy atom. The van der Waals surface area contributed by atoms with Crippen molar-refractivity contribution in [3.05, 3.63) is 52.5 Å².